The van der Waals surface area contributed by atoms with Crippen LogP contribution in [0.3, 0.4) is 0 Å². The van der Waals surface area contributed by atoms with E-state index < -0.39 is 0 Å². The third-order valence-corrected chi connectivity index (χ3v) is 2.54. The average Bonchev–Trinajstić information content (AvgIpc) is 2.14. The second kappa shape index (κ2) is 4.63. The molecule has 0 heterocycles. The molecule has 0 saturated carbocycles. The van der Waals surface area contributed by atoms with E-state index in [9.17, 15) is 4.79 Å². The number of hydrogen-bond donors (Lipinski definition) is 1. The first kappa shape index (κ1) is 11.3. The molecule has 0 aromatic heterocycles. The van der Waals surface area contributed by atoms with Crippen LogP contribution in [0.4, 0.5) is 0 Å². The van der Waals surface area contributed by atoms with Crippen molar-refractivity contribution in [3.63, 3.8) is 0 Å². The van der Waals surface area contributed by atoms with E-state index in [1.807, 2.05) is 20.8 Å². The molecule has 0 aliphatic heterocycles. The molecule has 1 rings (SSSR count). The second-order valence-corrected chi connectivity index (χ2v) is 5.04. The highest BCUT2D eigenvalue weighted by Gasteiger charge is 2.20. The van der Waals surface area contributed by atoms with Crippen molar-refractivity contribution < 1.29 is 4.79 Å². The first-order valence-corrected chi connectivity index (χ1v) is 5.46. The number of nitrogens with one attached hydrogen (secondary N) is 1. The van der Waals surface area contributed by atoms with Crippen LogP contribution in [-0.2, 0) is 4.79 Å². The summed E-state index contributed by atoms with van der Waals surface area (Å²) in [7, 11) is 0. The molecule has 0 saturated heterocycles. The lowest BCUT2D eigenvalue weighted by Crippen LogP contribution is -2.36. The fourth-order valence-electron chi connectivity index (χ4n) is 1.52. The molecule has 1 N–H and O–H groups in total. The van der Waals surface area contributed by atoms with E-state index in [-0.39, 0.29) is 11.3 Å². The van der Waals surface area contributed by atoms with Gasteiger partial charge in [-0.05, 0) is 25.7 Å². The summed E-state index contributed by atoms with van der Waals surface area (Å²) in [5.74, 6) is 0.143. The van der Waals surface area contributed by atoms with Crippen LogP contribution in [-0.4, -0.2) is 12.5 Å². The van der Waals surface area contributed by atoms with Gasteiger partial charge < -0.3 is 5.32 Å². The fourth-order valence-corrected chi connectivity index (χ4v) is 1.52. The van der Waals surface area contributed by atoms with Crippen molar-refractivity contribution in [1.29, 1.82) is 0 Å². The molecule has 1 amide bonds. The summed E-state index contributed by atoms with van der Waals surface area (Å²) in [5, 5.41) is 2.99. The van der Waals surface area contributed by atoms with Crippen molar-refractivity contribution in [1.82, 2.24) is 5.32 Å². The Bertz CT molecular complexity index is 235. The van der Waals surface area contributed by atoms with Gasteiger partial charge in [0, 0.05) is 12.0 Å². The van der Waals surface area contributed by atoms with Gasteiger partial charge in [0.05, 0.1) is 0 Å². The third-order valence-electron chi connectivity index (χ3n) is 2.54. The van der Waals surface area contributed by atoms with Crippen LogP contribution in [0.25, 0.3) is 0 Å². The first-order valence-electron chi connectivity index (χ1n) is 5.46. The summed E-state index contributed by atoms with van der Waals surface area (Å²) in [6, 6.07) is 0. The quantitative estimate of drug-likeness (QED) is 0.674. The minimum absolute atomic E-state index is 0.143. The molecule has 0 aromatic rings. The molecular formula is C12H21NO. The van der Waals surface area contributed by atoms with Crippen LogP contribution >= 0.6 is 0 Å². The zero-order valence-corrected chi connectivity index (χ0v) is 9.52. The number of carbonyl (C=O) groups is 1. The first-order chi connectivity index (χ1) is 6.50. The molecule has 0 unspecified atom stereocenters. The van der Waals surface area contributed by atoms with E-state index in [1.165, 1.54) is 24.8 Å². The van der Waals surface area contributed by atoms with Gasteiger partial charge in [0.2, 0.25) is 5.91 Å². The van der Waals surface area contributed by atoms with Crippen LogP contribution in [0.1, 0.15) is 46.5 Å². The highest BCUT2D eigenvalue weighted by molar-refractivity contribution is 5.81. The third kappa shape index (κ3) is 3.52. The standard InChI is InChI=1S/C12H21NO/c1-12(2,3)11(14)13-9-10-7-5-4-6-8-10/h7H,4-6,8-9H2,1-3H3,(H,13,14). The van der Waals surface area contributed by atoms with Gasteiger partial charge in [0.15, 0.2) is 0 Å². The Morgan fingerprint density at radius 3 is 2.64 bits per heavy atom. The summed E-state index contributed by atoms with van der Waals surface area (Å²) in [5.41, 5.74) is 1.13. The highest BCUT2D eigenvalue weighted by Crippen LogP contribution is 2.17. The summed E-state index contributed by atoms with van der Waals surface area (Å²) in [4.78, 5) is 11.6. The fraction of sp³-hybridized carbons (Fsp3) is 0.750. The zero-order chi connectivity index (χ0) is 10.6. The van der Waals surface area contributed by atoms with E-state index in [0.29, 0.717) is 0 Å². The Morgan fingerprint density at radius 1 is 1.43 bits per heavy atom. The number of hydrogen-bond acceptors (Lipinski definition) is 1. The van der Waals surface area contributed by atoms with E-state index in [0.717, 1.165) is 13.0 Å². The van der Waals surface area contributed by atoms with Gasteiger partial charge in [-0.1, -0.05) is 32.4 Å². The van der Waals surface area contributed by atoms with Crippen molar-refractivity contribution in [3.05, 3.63) is 11.6 Å². The summed E-state index contributed by atoms with van der Waals surface area (Å²) >= 11 is 0. The van der Waals surface area contributed by atoms with Crippen LogP contribution < -0.4 is 5.32 Å². The minimum Gasteiger partial charge on any atom is -0.352 e. The maximum atomic E-state index is 11.6. The molecule has 0 bridgehead atoms. The normalized spacial score (nSPS) is 17.5. The average molecular weight is 195 g/mol. The Hall–Kier alpha value is -0.790. The molecule has 1 aliphatic carbocycles. The molecular weight excluding hydrogens is 174 g/mol. The van der Waals surface area contributed by atoms with Crippen molar-refractivity contribution >= 4 is 5.91 Å². The van der Waals surface area contributed by atoms with Gasteiger partial charge in [-0.25, -0.2) is 0 Å². The van der Waals surface area contributed by atoms with E-state index in [1.54, 1.807) is 0 Å². The number of carbonyl (C=O) groups excluding carboxylic acids is 1. The molecule has 0 spiro atoms. The van der Waals surface area contributed by atoms with Gasteiger partial charge >= 0.3 is 0 Å². The largest absolute Gasteiger partial charge is 0.352 e. The van der Waals surface area contributed by atoms with Gasteiger partial charge in [0.1, 0.15) is 0 Å². The number of allylic oxidation sites excluding steroid dienone is 1. The highest BCUT2D eigenvalue weighted by atomic mass is 16.2. The van der Waals surface area contributed by atoms with Crippen molar-refractivity contribution in [2.45, 2.75) is 46.5 Å². The molecule has 1 aliphatic rings. The lowest BCUT2D eigenvalue weighted by molar-refractivity contribution is -0.128. The maximum absolute atomic E-state index is 11.6. The van der Waals surface area contributed by atoms with E-state index in [2.05, 4.69) is 11.4 Å². The maximum Gasteiger partial charge on any atom is 0.225 e. The lowest BCUT2D eigenvalue weighted by Gasteiger charge is -2.19. The molecule has 0 atom stereocenters. The Balaban J connectivity index is 2.33. The number of amides is 1. The van der Waals surface area contributed by atoms with E-state index >= 15 is 0 Å². The monoisotopic (exact) mass is 195 g/mol. The summed E-state index contributed by atoms with van der Waals surface area (Å²) < 4.78 is 0. The van der Waals surface area contributed by atoms with Crippen LogP contribution in [0.15, 0.2) is 11.6 Å². The van der Waals surface area contributed by atoms with Crippen molar-refractivity contribution in [2.75, 3.05) is 6.54 Å². The van der Waals surface area contributed by atoms with E-state index in [4.69, 9.17) is 0 Å². The van der Waals surface area contributed by atoms with Gasteiger partial charge in [-0.15, -0.1) is 0 Å². The predicted octanol–water partition coefficient (Wildman–Crippen LogP) is 2.65. The number of rotatable bonds is 2. The van der Waals surface area contributed by atoms with Gasteiger partial charge in [-0.2, -0.15) is 0 Å². The molecule has 80 valence electrons. The Kier molecular flexibility index (Phi) is 3.73. The lowest BCUT2D eigenvalue weighted by atomic mass is 9.95. The minimum atomic E-state index is -0.269. The summed E-state index contributed by atoms with van der Waals surface area (Å²) in [6.07, 6.45) is 7.19. The molecule has 0 radical (unpaired) electrons. The zero-order valence-electron chi connectivity index (χ0n) is 9.52. The molecule has 2 heteroatoms. The van der Waals surface area contributed by atoms with Gasteiger partial charge in [-0.3, -0.25) is 4.79 Å². The van der Waals surface area contributed by atoms with Crippen LogP contribution in [0.5, 0.6) is 0 Å². The molecule has 14 heavy (non-hydrogen) atoms. The van der Waals surface area contributed by atoms with Crippen molar-refractivity contribution in [2.24, 2.45) is 5.41 Å². The molecule has 0 aromatic carbocycles. The SMILES string of the molecule is CC(C)(C)C(=O)NCC1=CCCCC1. The smallest absolute Gasteiger partial charge is 0.225 e. The second-order valence-electron chi connectivity index (χ2n) is 5.04. The Morgan fingerprint density at radius 2 is 2.14 bits per heavy atom. The molecule has 0 fully saturated rings. The van der Waals surface area contributed by atoms with Gasteiger partial charge in [0.25, 0.3) is 0 Å². The van der Waals surface area contributed by atoms with Crippen LogP contribution in [0.2, 0.25) is 0 Å². The predicted molar refractivity (Wildman–Crippen MR) is 59.0 cm³/mol. The summed E-state index contributed by atoms with van der Waals surface area (Å²) in [6.45, 7) is 6.57. The topological polar surface area (TPSA) is 29.1 Å². The molecule has 2 nitrogen and oxygen atoms in total. The Labute approximate surface area is 86.8 Å². The van der Waals surface area contributed by atoms with Crippen molar-refractivity contribution in [3.8, 4) is 0 Å². The van der Waals surface area contributed by atoms with Crippen LogP contribution in [0, 0.1) is 5.41 Å².